The first-order chi connectivity index (χ1) is 8.54. The molecule has 0 saturated carbocycles. The minimum absolute atomic E-state index is 0.199. The fourth-order valence-electron chi connectivity index (χ4n) is 1.87. The van der Waals surface area contributed by atoms with Crippen molar-refractivity contribution in [3.05, 3.63) is 29.8 Å². The molecule has 0 heterocycles. The first kappa shape index (κ1) is 15.0. The molecular formula is C15H25NO2. The molecule has 102 valence electrons. The third-order valence-corrected chi connectivity index (χ3v) is 3.65. The van der Waals surface area contributed by atoms with E-state index in [2.05, 4.69) is 18.3 Å². The van der Waals surface area contributed by atoms with Crippen LogP contribution >= 0.6 is 0 Å². The van der Waals surface area contributed by atoms with Gasteiger partial charge in [-0.15, -0.1) is 0 Å². The van der Waals surface area contributed by atoms with Gasteiger partial charge in [0.05, 0.1) is 12.7 Å². The zero-order valence-electron chi connectivity index (χ0n) is 11.9. The Kier molecular flexibility index (Phi) is 5.63. The summed E-state index contributed by atoms with van der Waals surface area (Å²) in [6.45, 7) is 6.74. The molecule has 1 aromatic rings. The second kappa shape index (κ2) is 6.76. The second-order valence-electron chi connectivity index (χ2n) is 4.81. The summed E-state index contributed by atoms with van der Waals surface area (Å²) >= 11 is 0. The molecule has 18 heavy (non-hydrogen) atoms. The summed E-state index contributed by atoms with van der Waals surface area (Å²) in [6.07, 6.45) is 1.53. The Labute approximate surface area is 110 Å². The van der Waals surface area contributed by atoms with E-state index in [0.29, 0.717) is 6.54 Å². The fourth-order valence-corrected chi connectivity index (χ4v) is 1.87. The van der Waals surface area contributed by atoms with E-state index >= 15 is 0 Å². The van der Waals surface area contributed by atoms with Gasteiger partial charge in [-0.2, -0.15) is 0 Å². The van der Waals surface area contributed by atoms with E-state index in [1.165, 1.54) is 5.56 Å². The van der Waals surface area contributed by atoms with E-state index in [1.807, 2.05) is 32.0 Å². The molecule has 0 aromatic heterocycles. The molecular weight excluding hydrogens is 226 g/mol. The number of ether oxygens (including phenoxy) is 1. The maximum atomic E-state index is 10.2. The topological polar surface area (TPSA) is 41.5 Å². The zero-order chi connectivity index (χ0) is 13.6. The van der Waals surface area contributed by atoms with Crippen LogP contribution in [-0.2, 0) is 0 Å². The van der Waals surface area contributed by atoms with Crippen molar-refractivity contribution in [2.75, 3.05) is 13.7 Å². The number of methoxy groups -OCH3 is 1. The highest BCUT2D eigenvalue weighted by atomic mass is 16.5. The van der Waals surface area contributed by atoms with Crippen molar-refractivity contribution in [1.82, 2.24) is 5.32 Å². The van der Waals surface area contributed by atoms with E-state index in [0.717, 1.165) is 18.6 Å². The monoisotopic (exact) mass is 251 g/mol. The molecule has 0 aliphatic carbocycles. The lowest BCUT2D eigenvalue weighted by Crippen LogP contribution is -2.40. The maximum Gasteiger partial charge on any atom is 0.119 e. The number of nitrogens with one attached hydrogen (secondary N) is 1. The summed E-state index contributed by atoms with van der Waals surface area (Å²) in [5.74, 6) is 0.863. The molecule has 2 N–H and O–H groups in total. The fraction of sp³-hybridized carbons (Fsp3) is 0.600. The lowest BCUT2D eigenvalue weighted by Gasteiger charge is -2.27. The van der Waals surface area contributed by atoms with Crippen LogP contribution in [-0.4, -0.2) is 24.4 Å². The molecule has 1 rings (SSSR count). The van der Waals surface area contributed by atoms with Gasteiger partial charge in [0.15, 0.2) is 0 Å². The predicted octanol–water partition coefficient (Wildman–Crippen LogP) is 2.90. The number of rotatable bonds is 7. The summed E-state index contributed by atoms with van der Waals surface area (Å²) in [7, 11) is 1.67. The Morgan fingerprint density at radius 1 is 1.33 bits per heavy atom. The Morgan fingerprint density at radius 2 is 2.00 bits per heavy atom. The van der Waals surface area contributed by atoms with Crippen LogP contribution in [0.3, 0.4) is 0 Å². The first-order valence-electron chi connectivity index (χ1n) is 6.64. The smallest absolute Gasteiger partial charge is 0.119 e. The van der Waals surface area contributed by atoms with E-state index < -0.39 is 5.60 Å². The van der Waals surface area contributed by atoms with Crippen molar-refractivity contribution in [2.24, 2.45) is 0 Å². The summed E-state index contributed by atoms with van der Waals surface area (Å²) in [5, 5.41) is 13.6. The molecule has 0 bridgehead atoms. The summed E-state index contributed by atoms with van der Waals surface area (Å²) < 4.78 is 5.22. The van der Waals surface area contributed by atoms with Crippen LogP contribution < -0.4 is 10.1 Å². The Hall–Kier alpha value is -1.06. The lowest BCUT2D eigenvalue weighted by atomic mass is 9.96. The third-order valence-electron chi connectivity index (χ3n) is 3.65. The van der Waals surface area contributed by atoms with Gasteiger partial charge in [0.1, 0.15) is 5.75 Å². The van der Waals surface area contributed by atoms with Gasteiger partial charge in [0.2, 0.25) is 0 Å². The average Bonchev–Trinajstić information content (AvgIpc) is 2.44. The number of hydrogen-bond acceptors (Lipinski definition) is 3. The molecule has 0 aliphatic heterocycles. The first-order valence-corrected chi connectivity index (χ1v) is 6.64. The largest absolute Gasteiger partial charge is 0.497 e. The highest BCUT2D eigenvalue weighted by Gasteiger charge is 2.22. The van der Waals surface area contributed by atoms with E-state index in [-0.39, 0.29) is 6.04 Å². The molecule has 0 radical (unpaired) electrons. The normalized spacial score (nSPS) is 13.4. The SMILES string of the molecule is CCC(O)(CC)CNC(C)c1cccc(OC)c1. The van der Waals surface area contributed by atoms with Gasteiger partial charge < -0.3 is 15.2 Å². The molecule has 3 heteroatoms. The number of aliphatic hydroxyl groups is 1. The van der Waals surface area contributed by atoms with Crippen molar-refractivity contribution in [1.29, 1.82) is 0 Å². The van der Waals surface area contributed by atoms with Crippen LogP contribution in [0.5, 0.6) is 5.75 Å². The van der Waals surface area contributed by atoms with E-state index in [1.54, 1.807) is 7.11 Å². The molecule has 0 amide bonds. The summed E-state index contributed by atoms with van der Waals surface area (Å²) in [6, 6.07) is 8.21. The Balaban J connectivity index is 2.62. The summed E-state index contributed by atoms with van der Waals surface area (Å²) in [5.41, 5.74) is 0.566. The Morgan fingerprint density at radius 3 is 2.56 bits per heavy atom. The minimum Gasteiger partial charge on any atom is -0.497 e. The molecule has 1 aromatic carbocycles. The van der Waals surface area contributed by atoms with E-state index in [9.17, 15) is 5.11 Å². The standard InChI is InChI=1S/C15H25NO2/c1-5-15(17,6-2)11-16-12(3)13-8-7-9-14(10-13)18-4/h7-10,12,16-17H,5-6,11H2,1-4H3. The second-order valence-corrected chi connectivity index (χ2v) is 4.81. The van der Waals surface area contributed by atoms with Gasteiger partial charge in [-0.25, -0.2) is 0 Å². The Bertz CT molecular complexity index is 361. The number of hydrogen-bond donors (Lipinski definition) is 2. The van der Waals surface area contributed by atoms with Crippen molar-refractivity contribution < 1.29 is 9.84 Å². The van der Waals surface area contributed by atoms with Crippen molar-refractivity contribution >= 4 is 0 Å². The van der Waals surface area contributed by atoms with Crippen LogP contribution in [0.4, 0.5) is 0 Å². The molecule has 0 fully saturated rings. The molecule has 0 spiro atoms. The predicted molar refractivity (Wildman–Crippen MR) is 74.9 cm³/mol. The van der Waals surface area contributed by atoms with Crippen molar-refractivity contribution in [3.63, 3.8) is 0 Å². The van der Waals surface area contributed by atoms with Crippen LogP contribution in [0.15, 0.2) is 24.3 Å². The van der Waals surface area contributed by atoms with Crippen LogP contribution in [0.1, 0.15) is 45.2 Å². The van der Waals surface area contributed by atoms with Gasteiger partial charge in [-0.1, -0.05) is 26.0 Å². The number of benzene rings is 1. The van der Waals surface area contributed by atoms with E-state index in [4.69, 9.17) is 4.74 Å². The zero-order valence-corrected chi connectivity index (χ0v) is 11.9. The molecule has 0 aliphatic rings. The molecule has 3 nitrogen and oxygen atoms in total. The van der Waals surface area contributed by atoms with Crippen molar-refractivity contribution in [2.45, 2.75) is 45.3 Å². The van der Waals surface area contributed by atoms with Gasteiger partial charge in [-0.05, 0) is 37.5 Å². The van der Waals surface area contributed by atoms with Gasteiger partial charge in [-0.3, -0.25) is 0 Å². The van der Waals surface area contributed by atoms with Gasteiger partial charge >= 0.3 is 0 Å². The lowest BCUT2D eigenvalue weighted by molar-refractivity contribution is 0.0303. The van der Waals surface area contributed by atoms with Crippen LogP contribution in [0.2, 0.25) is 0 Å². The quantitative estimate of drug-likeness (QED) is 0.783. The van der Waals surface area contributed by atoms with Crippen molar-refractivity contribution in [3.8, 4) is 5.75 Å². The van der Waals surface area contributed by atoms with Gasteiger partial charge in [0.25, 0.3) is 0 Å². The molecule has 1 unspecified atom stereocenters. The highest BCUT2D eigenvalue weighted by Crippen LogP contribution is 2.20. The molecule has 0 saturated heterocycles. The molecule has 1 atom stereocenters. The third kappa shape index (κ3) is 4.00. The highest BCUT2D eigenvalue weighted by molar-refractivity contribution is 5.30. The van der Waals surface area contributed by atoms with Gasteiger partial charge in [0, 0.05) is 12.6 Å². The minimum atomic E-state index is -0.604. The van der Waals surface area contributed by atoms with Crippen LogP contribution in [0.25, 0.3) is 0 Å². The average molecular weight is 251 g/mol. The van der Waals surface area contributed by atoms with Crippen LogP contribution in [0, 0.1) is 0 Å². The summed E-state index contributed by atoms with van der Waals surface area (Å²) in [4.78, 5) is 0. The maximum absolute atomic E-state index is 10.2.